The van der Waals surface area contributed by atoms with Crippen LogP contribution in [0.4, 0.5) is 0 Å². The van der Waals surface area contributed by atoms with E-state index in [0.29, 0.717) is 29.0 Å². The first kappa shape index (κ1) is 36.1. The van der Waals surface area contributed by atoms with E-state index in [2.05, 4.69) is 126 Å². The number of nitrogens with zero attached hydrogens (tertiary/aromatic N) is 2. The molecule has 8 heteroatoms. The molecule has 0 bridgehead atoms. The average Bonchev–Trinajstić information content (AvgIpc) is 3.75. The monoisotopic (exact) mass is 886 g/mol. The van der Waals surface area contributed by atoms with E-state index in [-0.39, 0.29) is 0 Å². The minimum atomic E-state index is -1.71. The molecule has 0 saturated heterocycles. The Hall–Kier alpha value is -1.61. The predicted octanol–water partition coefficient (Wildman–Crippen LogP) is 10.7. The van der Waals surface area contributed by atoms with Crippen molar-refractivity contribution >= 4 is 164 Å². The van der Waals surface area contributed by atoms with E-state index in [1.54, 1.807) is 103 Å². The van der Waals surface area contributed by atoms with Crippen molar-refractivity contribution in [3.8, 4) is 0 Å². The van der Waals surface area contributed by atoms with Gasteiger partial charge in [-0.15, -0.1) is 0 Å². The Bertz CT molecular complexity index is 2470. The zero-order valence-electron chi connectivity index (χ0n) is 34.3. The van der Waals surface area contributed by atoms with Gasteiger partial charge in [-0.05, 0) is 0 Å². The number of rotatable bonds is 10. The van der Waals surface area contributed by atoms with Crippen molar-refractivity contribution in [2.45, 2.75) is 131 Å². The van der Waals surface area contributed by atoms with Crippen LogP contribution in [-0.2, 0) is 13.1 Å². The third-order valence-electron chi connectivity index (χ3n) is 12.3. The van der Waals surface area contributed by atoms with Crippen LogP contribution in [0.2, 0.25) is 78.6 Å². The van der Waals surface area contributed by atoms with Crippen LogP contribution in [0.15, 0.2) is 24.3 Å². The second-order valence-corrected chi connectivity index (χ2v) is 45.0. The van der Waals surface area contributed by atoms with E-state index in [9.17, 15) is 0 Å². The van der Waals surface area contributed by atoms with Crippen LogP contribution >= 0.6 is 0 Å². The Morgan fingerprint density at radius 3 is 0.808 bits per heavy atom. The van der Waals surface area contributed by atoms with Crippen molar-refractivity contribution in [3.05, 3.63) is 24.3 Å². The summed E-state index contributed by atoms with van der Waals surface area (Å²) in [6.45, 7) is 38.5. The standard InChI is InChI=1S/C44H58N2Se2Si4/c1-15-17-19-45-41-29(49(3,4)5)21-25-33-35-27(47-25)23-31(51(9,10)11)43-39(35)40-36-28(24-32(52(12,13)14)44(40)46(43)20-18-16-2)48-26-22-30(50(6,7)8)42(45)38(34(26)36)37(33)41/h21-24H,15-20H2,1-14H3. The van der Waals surface area contributed by atoms with Crippen LogP contribution in [0.3, 0.4) is 0 Å². The number of aromatic nitrogens is 2. The first-order valence-electron chi connectivity index (χ1n) is 20.1. The van der Waals surface area contributed by atoms with Crippen LogP contribution in [0.5, 0.6) is 0 Å². The van der Waals surface area contributed by atoms with Crippen LogP contribution in [0.25, 0.3) is 82.2 Å². The van der Waals surface area contributed by atoms with E-state index >= 15 is 0 Å². The molecule has 0 aliphatic carbocycles. The Balaban J connectivity index is 1.74. The maximum atomic E-state index is 2.94. The first-order chi connectivity index (χ1) is 24.3. The van der Waals surface area contributed by atoms with Gasteiger partial charge in [-0.1, -0.05) is 0 Å². The molecule has 0 aliphatic rings. The van der Waals surface area contributed by atoms with Crippen molar-refractivity contribution in [2.24, 2.45) is 0 Å². The summed E-state index contributed by atoms with van der Waals surface area (Å²) >= 11 is 0.616. The van der Waals surface area contributed by atoms with Gasteiger partial charge in [0.1, 0.15) is 0 Å². The molecule has 52 heavy (non-hydrogen) atoms. The molecule has 5 aromatic carbocycles. The molecule has 0 spiro atoms. The maximum absolute atomic E-state index is 2.94. The molecule has 4 aromatic heterocycles. The molecule has 9 aromatic rings. The van der Waals surface area contributed by atoms with Crippen LogP contribution in [0, 0.1) is 0 Å². The average molecular weight is 885 g/mol. The van der Waals surface area contributed by atoms with Crippen LogP contribution < -0.4 is 20.7 Å². The Kier molecular flexibility index (Phi) is 7.95. The quantitative estimate of drug-likeness (QED) is 0.121. The van der Waals surface area contributed by atoms with Crippen LogP contribution in [0.1, 0.15) is 39.5 Å². The van der Waals surface area contributed by atoms with E-state index < -0.39 is 32.3 Å². The second-order valence-electron chi connectivity index (χ2n) is 20.3. The second kappa shape index (κ2) is 11.5. The normalized spacial score (nSPS) is 14.4. The van der Waals surface area contributed by atoms with Gasteiger partial charge in [-0.25, -0.2) is 0 Å². The van der Waals surface area contributed by atoms with Gasteiger partial charge in [-0.2, -0.15) is 0 Å². The Morgan fingerprint density at radius 2 is 0.615 bits per heavy atom. The molecule has 0 fully saturated rings. The molecule has 0 saturated carbocycles. The summed E-state index contributed by atoms with van der Waals surface area (Å²) in [4.78, 5) is 0. The summed E-state index contributed by atoms with van der Waals surface area (Å²) in [5.74, 6) is 0. The summed E-state index contributed by atoms with van der Waals surface area (Å²) in [6, 6.07) is 11.2. The van der Waals surface area contributed by atoms with Gasteiger partial charge in [-0.3, -0.25) is 0 Å². The molecule has 0 unspecified atom stereocenters. The number of hydrogen-bond donors (Lipinski definition) is 0. The van der Waals surface area contributed by atoms with Crippen molar-refractivity contribution in [3.63, 3.8) is 0 Å². The molecule has 4 heterocycles. The summed E-state index contributed by atoms with van der Waals surface area (Å²) in [5.41, 5.74) is 6.52. The first-order valence-corrected chi connectivity index (χ1v) is 37.5. The fraction of sp³-hybridized carbons (Fsp3) is 0.455. The molecule has 9 rings (SSSR count). The van der Waals surface area contributed by atoms with Gasteiger partial charge in [0.2, 0.25) is 0 Å². The summed E-state index contributed by atoms with van der Waals surface area (Å²) in [7, 11) is -6.86. The van der Waals surface area contributed by atoms with E-state index in [1.807, 2.05) is 0 Å². The molecule has 0 aliphatic heterocycles. The van der Waals surface area contributed by atoms with Crippen molar-refractivity contribution < 1.29 is 0 Å². The molecule has 272 valence electrons. The summed E-state index contributed by atoms with van der Waals surface area (Å²) in [5, 5.41) is 20.2. The summed E-state index contributed by atoms with van der Waals surface area (Å²) in [6.07, 6.45) is 4.93. The van der Waals surface area contributed by atoms with Gasteiger partial charge in [0, 0.05) is 0 Å². The Labute approximate surface area is 326 Å². The molecule has 2 nitrogen and oxygen atoms in total. The van der Waals surface area contributed by atoms with Gasteiger partial charge in [0.25, 0.3) is 0 Å². The SMILES string of the molecule is CCCCn1c2c([Si](C)(C)C)cc3[se]c4cc([Si](C)(C)C)c5c6c4c3c2c2c3c(cc([Si](C)(C)C)c21)[se]c1cc([Si](C)(C)C)c(c6c13)n5CCCC. The van der Waals surface area contributed by atoms with E-state index in [1.165, 1.54) is 25.7 Å². The number of hydrogen-bond acceptors (Lipinski definition) is 0. The van der Waals surface area contributed by atoms with Gasteiger partial charge in [0.15, 0.2) is 0 Å². The van der Waals surface area contributed by atoms with Gasteiger partial charge in [0.05, 0.1) is 0 Å². The number of aryl methyl sites for hydroxylation is 2. The minimum absolute atomic E-state index is 0.308. The molecule has 0 N–H and O–H groups in total. The zero-order valence-corrected chi connectivity index (χ0v) is 41.7. The van der Waals surface area contributed by atoms with Crippen molar-refractivity contribution in [1.82, 2.24) is 9.13 Å². The van der Waals surface area contributed by atoms with Crippen LogP contribution in [-0.4, -0.2) is 70.4 Å². The fourth-order valence-electron chi connectivity index (χ4n) is 9.83. The van der Waals surface area contributed by atoms with Gasteiger partial charge >= 0.3 is 329 Å². The van der Waals surface area contributed by atoms with Crippen molar-refractivity contribution in [1.29, 1.82) is 0 Å². The molecule has 0 radical (unpaired) electrons. The molecule has 0 amide bonds. The topological polar surface area (TPSA) is 9.86 Å². The molecular weight excluding hydrogens is 827 g/mol. The third-order valence-corrected chi connectivity index (χ3v) is 24.8. The predicted molar refractivity (Wildman–Crippen MR) is 252 cm³/mol. The molecule has 0 atom stereocenters. The third kappa shape index (κ3) is 4.80. The number of benzene rings is 4. The van der Waals surface area contributed by atoms with E-state index in [4.69, 9.17) is 0 Å². The number of unbranched alkanes of at least 4 members (excludes halogenated alkanes) is 2. The van der Waals surface area contributed by atoms with E-state index in [0.717, 1.165) is 13.1 Å². The van der Waals surface area contributed by atoms with Gasteiger partial charge < -0.3 is 0 Å². The van der Waals surface area contributed by atoms with Crippen molar-refractivity contribution in [2.75, 3.05) is 0 Å². The Morgan fingerprint density at radius 1 is 0.385 bits per heavy atom. The summed E-state index contributed by atoms with van der Waals surface area (Å²) < 4.78 is 12.6. The molecular formula is C44H58N2Se2Si4. The zero-order chi connectivity index (χ0) is 37.2. The fourth-order valence-corrected chi connectivity index (χ4v) is 22.0.